The molecule has 1 aliphatic heterocycles. The van der Waals surface area contributed by atoms with Gasteiger partial charge in [-0.3, -0.25) is 9.59 Å². The van der Waals surface area contributed by atoms with E-state index in [9.17, 15) is 9.59 Å². The first kappa shape index (κ1) is 17.5. The summed E-state index contributed by atoms with van der Waals surface area (Å²) in [5.41, 5.74) is 1.93. The average Bonchev–Trinajstić information content (AvgIpc) is 2.62. The summed E-state index contributed by atoms with van der Waals surface area (Å²) in [5, 5.41) is 5.52. The zero-order valence-electron chi connectivity index (χ0n) is 14.6. The van der Waals surface area contributed by atoms with Gasteiger partial charge in [0, 0.05) is 17.3 Å². The highest BCUT2D eigenvalue weighted by atomic mass is 16.5. The Bertz CT molecular complexity index is 861. The van der Waals surface area contributed by atoms with Crippen LogP contribution < -0.4 is 20.1 Å². The third-order valence-corrected chi connectivity index (χ3v) is 3.81. The summed E-state index contributed by atoms with van der Waals surface area (Å²) >= 11 is 0. The number of nitrogens with one attached hydrogen (secondary N) is 2. The summed E-state index contributed by atoms with van der Waals surface area (Å²) in [6, 6.07) is 12.6. The number of para-hydroxylation sites is 1. The first-order valence-corrected chi connectivity index (χ1v) is 8.39. The largest absolute Gasteiger partial charge is 0.493 e. The van der Waals surface area contributed by atoms with Crippen LogP contribution in [-0.4, -0.2) is 24.5 Å². The van der Waals surface area contributed by atoms with Crippen LogP contribution in [0.4, 0.5) is 11.4 Å². The number of carbonyl (C=O) groups excluding carboxylic acids is 2. The minimum absolute atomic E-state index is 0.214. The van der Waals surface area contributed by atoms with Crippen molar-refractivity contribution in [2.45, 2.75) is 20.0 Å². The van der Waals surface area contributed by atoms with Crippen LogP contribution in [0, 0.1) is 0 Å². The summed E-state index contributed by atoms with van der Waals surface area (Å²) in [7, 11) is 0. The van der Waals surface area contributed by atoms with Crippen molar-refractivity contribution >= 4 is 29.3 Å². The molecular formula is C20H20N2O4. The molecule has 6 nitrogen and oxygen atoms in total. The van der Waals surface area contributed by atoms with Gasteiger partial charge in [0.25, 0.3) is 5.91 Å². The van der Waals surface area contributed by atoms with Gasteiger partial charge in [-0.1, -0.05) is 18.2 Å². The number of rotatable bonds is 5. The van der Waals surface area contributed by atoms with E-state index in [1.165, 1.54) is 6.08 Å². The molecule has 0 spiro atoms. The Labute approximate surface area is 151 Å². The highest BCUT2D eigenvalue weighted by Crippen LogP contribution is 2.32. The minimum atomic E-state index is -0.531. The van der Waals surface area contributed by atoms with Crippen LogP contribution in [0.1, 0.15) is 19.4 Å². The van der Waals surface area contributed by atoms with Crippen LogP contribution in [0.5, 0.6) is 11.5 Å². The lowest BCUT2D eigenvalue weighted by Crippen LogP contribution is -2.34. The number of hydrogen-bond acceptors (Lipinski definition) is 4. The van der Waals surface area contributed by atoms with Crippen LogP contribution in [0.15, 0.2) is 48.5 Å². The summed E-state index contributed by atoms with van der Waals surface area (Å²) in [6.07, 6.45) is 2.61. The number of carbonyl (C=O) groups is 2. The third-order valence-electron chi connectivity index (χ3n) is 3.81. The number of hydrogen-bond donors (Lipinski definition) is 2. The maximum Gasteiger partial charge on any atom is 0.265 e. The highest BCUT2D eigenvalue weighted by molar-refractivity contribution is 6.03. The monoisotopic (exact) mass is 352 g/mol. The predicted molar refractivity (Wildman–Crippen MR) is 100 cm³/mol. The number of ether oxygens (including phenoxy) is 2. The fourth-order valence-electron chi connectivity index (χ4n) is 2.54. The molecule has 6 heteroatoms. The molecule has 0 fully saturated rings. The van der Waals surface area contributed by atoms with Gasteiger partial charge in [-0.2, -0.15) is 0 Å². The lowest BCUT2D eigenvalue weighted by molar-refractivity contribution is -0.122. The zero-order valence-corrected chi connectivity index (χ0v) is 14.6. The molecule has 2 N–H and O–H groups in total. The predicted octanol–water partition coefficient (Wildman–Crippen LogP) is 3.46. The quantitative estimate of drug-likeness (QED) is 0.808. The Kier molecular flexibility index (Phi) is 5.22. The average molecular weight is 352 g/mol. The van der Waals surface area contributed by atoms with Gasteiger partial charge in [-0.25, -0.2) is 0 Å². The molecule has 134 valence electrons. The molecule has 0 aromatic heterocycles. The zero-order chi connectivity index (χ0) is 18.5. The van der Waals surface area contributed by atoms with Gasteiger partial charge in [0.1, 0.15) is 11.5 Å². The molecule has 26 heavy (non-hydrogen) atoms. The van der Waals surface area contributed by atoms with Crippen LogP contribution in [-0.2, 0) is 9.59 Å². The van der Waals surface area contributed by atoms with Crippen LogP contribution in [0.3, 0.4) is 0 Å². The molecular weight excluding hydrogens is 332 g/mol. The van der Waals surface area contributed by atoms with E-state index < -0.39 is 6.10 Å². The molecule has 2 aromatic carbocycles. The molecule has 0 saturated carbocycles. The second-order valence-electron chi connectivity index (χ2n) is 5.75. The Balaban J connectivity index is 1.69. The molecule has 2 aromatic rings. The molecule has 0 radical (unpaired) electrons. The SMILES string of the molecule is CCOc1ccccc1C=CC(=O)Nc1ccc2c(c1)NC(=O)C(C)O2. The molecule has 0 saturated heterocycles. The number of anilines is 2. The van der Waals surface area contributed by atoms with Crippen molar-refractivity contribution in [1.29, 1.82) is 0 Å². The van der Waals surface area contributed by atoms with E-state index in [0.29, 0.717) is 23.7 Å². The Morgan fingerprint density at radius 1 is 1.31 bits per heavy atom. The Hall–Kier alpha value is -3.28. The van der Waals surface area contributed by atoms with Crippen molar-refractivity contribution in [3.05, 3.63) is 54.1 Å². The Morgan fingerprint density at radius 2 is 2.12 bits per heavy atom. The van der Waals surface area contributed by atoms with Crippen molar-refractivity contribution in [1.82, 2.24) is 0 Å². The Morgan fingerprint density at radius 3 is 2.92 bits per heavy atom. The van der Waals surface area contributed by atoms with Crippen molar-refractivity contribution in [2.24, 2.45) is 0 Å². The van der Waals surface area contributed by atoms with E-state index >= 15 is 0 Å². The fraction of sp³-hybridized carbons (Fsp3) is 0.200. The van der Waals surface area contributed by atoms with Crippen LogP contribution in [0.25, 0.3) is 6.08 Å². The van der Waals surface area contributed by atoms with Gasteiger partial charge in [0.15, 0.2) is 6.10 Å². The third kappa shape index (κ3) is 4.03. The molecule has 2 amide bonds. The summed E-state index contributed by atoms with van der Waals surface area (Å²) < 4.78 is 11.0. The van der Waals surface area contributed by atoms with Crippen molar-refractivity contribution in [3.8, 4) is 11.5 Å². The van der Waals surface area contributed by atoms with E-state index in [4.69, 9.17) is 9.47 Å². The summed E-state index contributed by atoms with van der Waals surface area (Å²) in [4.78, 5) is 23.9. The van der Waals surface area contributed by atoms with Crippen molar-refractivity contribution in [3.63, 3.8) is 0 Å². The summed E-state index contributed by atoms with van der Waals surface area (Å²) in [5.74, 6) is 0.805. The van der Waals surface area contributed by atoms with Crippen LogP contribution in [0.2, 0.25) is 0 Å². The van der Waals surface area contributed by atoms with Crippen molar-refractivity contribution < 1.29 is 19.1 Å². The van der Waals surface area contributed by atoms with Gasteiger partial charge < -0.3 is 20.1 Å². The van der Waals surface area contributed by atoms with E-state index in [-0.39, 0.29) is 11.8 Å². The van der Waals surface area contributed by atoms with Gasteiger partial charge in [-0.15, -0.1) is 0 Å². The van der Waals surface area contributed by atoms with Gasteiger partial charge >= 0.3 is 0 Å². The van der Waals surface area contributed by atoms with E-state index in [0.717, 1.165) is 11.3 Å². The molecule has 1 heterocycles. The van der Waals surface area contributed by atoms with Crippen molar-refractivity contribution in [2.75, 3.05) is 17.2 Å². The van der Waals surface area contributed by atoms with Crippen LogP contribution >= 0.6 is 0 Å². The highest BCUT2D eigenvalue weighted by Gasteiger charge is 2.23. The first-order chi connectivity index (χ1) is 12.6. The number of amides is 2. The van der Waals surface area contributed by atoms with E-state index in [2.05, 4.69) is 10.6 Å². The molecule has 0 bridgehead atoms. The maximum absolute atomic E-state index is 12.2. The second-order valence-corrected chi connectivity index (χ2v) is 5.75. The molecule has 0 aliphatic carbocycles. The molecule has 1 atom stereocenters. The number of fused-ring (bicyclic) bond motifs is 1. The lowest BCUT2D eigenvalue weighted by Gasteiger charge is -2.23. The van der Waals surface area contributed by atoms with E-state index in [1.54, 1.807) is 31.2 Å². The number of benzene rings is 2. The van der Waals surface area contributed by atoms with Gasteiger partial charge in [-0.05, 0) is 44.2 Å². The maximum atomic E-state index is 12.2. The molecule has 1 aliphatic rings. The first-order valence-electron chi connectivity index (χ1n) is 8.39. The molecule has 1 unspecified atom stereocenters. The minimum Gasteiger partial charge on any atom is -0.493 e. The second kappa shape index (κ2) is 7.74. The normalized spacial score (nSPS) is 15.8. The lowest BCUT2D eigenvalue weighted by atomic mass is 10.2. The summed E-state index contributed by atoms with van der Waals surface area (Å²) in [6.45, 7) is 4.14. The molecule has 3 rings (SSSR count). The standard InChI is InChI=1S/C20H20N2O4/c1-3-25-17-7-5-4-6-14(17)8-11-19(23)21-15-9-10-18-16(12-15)22-20(24)13(2)26-18/h4-13H,3H2,1-2H3,(H,21,23)(H,22,24). The van der Waals surface area contributed by atoms with E-state index in [1.807, 2.05) is 31.2 Å². The topological polar surface area (TPSA) is 76.7 Å². The fourth-order valence-corrected chi connectivity index (χ4v) is 2.54. The van der Waals surface area contributed by atoms with Gasteiger partial charge in [0.05, 0.1) is 12.3 Å². The smallest absolute Gasteiger partial charge is 0.265 e. The van der Waals surface area contributed by atoms with Gasteiger partial charge in [0.2, 0.25) is 5.91 Å².